The Kier molecular flexibility index (Phi) is 6.78. The number of benzene rings is 1. The molecule has 1 N–H and O–H groups in total. The van der Waals surface area contributed by atoms with Gasteiger partial charge in [-0.3, -0.25) is 9.59 Å². The minimum Gasteiger partial charge on any atom is -0.460 e. The molecule has 0 amide bonds. The third-order valence-corrected chi connectivity index (χ3v) is 2.38. The molecule has 0 saturated heterocycles. The van der Waals surface area contributed by atoms with Crippen LogP contribution in [0.15, 0.2) is 30.3 Å². The molecule has 1 unspecified atom stereocenters. The largest absolute Gasteiger partial charge is 0.460 e. The van der Waals surface area contributed by atoms with Crippen LogP contribution in [0.25, 0.3) is 0 Å². The van der Waals surface area contributed by atoms with Crippen molar-refractivity contribution in [3.05, 3.63) is 35.9 Å². The van der Waals surface area contributed by atoms with Gasteiger partial charge in [-0.2, -0.15) is 0 Å². The molecule has 1 rings (SSSR count). The van der Waals surface area contributed by atoms with Gasteiger partial charge in [-0.25, -0.2) is 0 Å². The lowest BCUT2D eigenvalue weighted by Gasteiger charge is -2.16. The Morgan fingerprint density at radius 1 is 1.26 bits per heavy atom. The number of hydrogen-bond acceptors (Lipinski definition) is 5. The molecular formula is C14H18O5. The molecule has 1 aromatic rings. The number of Topliss-reactive ketones (excluding diaryl/α,β-unsaturated/α-hetero) is 1. The highest BCUT2D eigenvalue weighted by molar-refractivity contribution is 5.80. The van der Waals surface area contributed by atoms with Crippen LogP contribution in [0.5, 0.6) is 0 Å². The highest BCUT2D eigenvalue weighted by atomic mass is 16.6. The van der Waals surface area contributed by atoms with E-state index in [4.69, 9.17) is 14.6 Å². The van der Waals surface area contributed by atoms with Gasteiger partial charge in [0, 0.05) is 13.3 Å². The first-order chi connectivity index (χ1) is 9.11. The predicted octanol–water partition coefficient (Wildman–Crippen LogP) is 1.09. The molecule has 0 aliphatic carbocycles. The van der Waals surface area contributed by atoms with Crippen molar-refractivity contribution in [3.63, 3.8) is 0 Å². The van der Waals surface area contributed by atoms with Crippen LogP contribution in [0, 0.1) is 0 Å². The van der Waals surface area contributed by atoms with E-state index in [2.05, 4.69) is 0 Å². The molecule has 0 fully saturated rings. The fraction of sp³-hybridized carbons (Fsp3) is 0.429. The van der Waals surface area contributed by atoms with Crippen molar-refractivity contribution in [1.82, 2.24) is 0 Å². The van der Waals surface area contributed by atoms with E-state index >= 15 is 0 Å². The minimum absolute atomic E-state index is 0.0368. The summed E-state index contributed by atoms with van der Waals surface area (Å²) in [5, 5.41) is 8.69. The summed E-state index contributed by atoms with van der Waals surface area (Å²) < 4.78 is 10.4. The van der Waals surface area contributed by atoms with Crippen molar-refractivity contribution in [2.75, 3.05) is 13.2 Å². The molecule has 0 spiro atoms. The number of rotatable bonds is 8. The fourth-order valence-corrected chi connectivity index (χ4v) is 1.57. The standard InChI is InChI=1S/C14H18O5/c1-11(16)19-14(7-13(17)8-15)10-18-9-12-5-3-2-4-6-12/h2-6,14-15H,7-10H2,1H3. The Bertz CT molecular complexity index is 402. The third kappa shape index (κ3) is 6.69. The minimum atomic E-state index is -0.652. The van der Waals surface area contributed by atoms with E-state index in [-0.39, 0.29) is 18.8 Å². The van der Waals surface area contributed by atoms with Crippen molar-refractivity contribution in [2.45, 2.75) is 26.1 Å². The first-order valence-electron chi connectivity index (χ1n) is 6.03. The van der Waals surface area contributed by atoms with Crippen LogP contribution in [-0.4, -0.2) is 36.2 Å². The van der Waals surface area contributed by atoms with Crippen molar-refractivity contribution >= 4 is 11.8 Å². The van der Waals surface area contributed by atoms with Gasteiger partial charge in [0.25, 0.3) is 0 Å². The lowest BCUT2D eigenvalue weighted by Crippen LogP contribution is -2.26. The second-order valence-electron chi connectivity index (χ2n) is 4.13. The summed E-state index contributed by atoms with van der Waals surface area (Å²) in [4.78, 5) is 22.0. The monoisotopic (exact) mass is 266 g/mol. The predicted molar refractivity (Wildman–Crippen MR) is 68.4 cm³/mol. The van der Waals surface area contributed by atoms with Crippen LogP contribution in [0.1, 0.15) is 18.9 Å². The molecule has 0 aliphatic heterocycles. The van der Waals surface area contributed by atoms with Crippen molar-refractivity contribution < 1.29 is 24.2 Å². The second kappa shape index (κ2) is 8.39. The van der Waals surface area contributed by atoms with Crippen LogP contribution in [0.2, 0.25) is 0 Å². The fourth-order valence-electron chi connectivity index (χ4n) is 1.57. The second-order valence-corrected chi connectivity index (χ2v) is 4.13. The van der Waals surface area contributed by atoms with Gasteiger partial charge >= 0.3 is 5.97 Å². The maximum atomic E-state index is 11.1. The van der Waals surface area contributed by atoms with Crippen LogP contribution < -0.4 is 0 Å². The normalized spacial score (nSPS) is 11.9. The van der Waals surface area contributed by atoms with E-state index in [0.717, 1.165) is 5.56 Å². The van der Waals surface area contributed by atoms with Gasteiger partial charge in [0.05, 0.1) is 13.2 Å². The van der Waals surface area contributed by atoms with Gasteiger partial charge in [0.15, 0.2) is 5.78 Å². The highest BCUT2D eigenvalue weighted by Gasteiger charge is 2.16. The van der Waals surface area contributed by atoms with E-state index < -0.39 is 18.7 Å². The summed E-state index contributed by atoms with van der Waals surface area (Å²) in [7, 11) is 0. The van der Waals surface area contributed by atoms with Gasteiger partial charge in [-0.05, 0) is 5.56 Å². The van der Waals surface area contributed by atoms with E-state index in [1.165, 1.54) is 6.92 Å². The number of carbonyl (C=O) groups excluding carboxylic acids is 2. The van der Waals surface area contributed by atoms with E-state index in [0.29, 0.717) is 6.61 Å². The maximum Gasteiger partial charge on any atom is 0.302 e. The summed E-state index contributed by atoms with van der Waals surface area (Å²) in [5.41, 5.74) is 0.998. The van der Waals surface area contributed by atoms with Gasteiger partial charge in [0.2, 0.25) is 0 Å². The molecular weight excluding hydrogens is 248 g/mol. The molecule has 1 aromatic carbocycles. The molecule has 0 saturated carbocycles. The van der Waals surface area contributed by atoms with Crippen LogP contribution in [-0.2, 0) is 25.7 Å². The van der Waals surface area contributed by atoms with Gasteiger partial charge < -0.3 is 14.6 Å². The maximum absolute atomic E-state index is 11.1. The van der Waals surface area contributed by atoms with Crippen LogP contribution in [0.3, 0.4) is 0 Å². The summed E-state index contributed by atoms with van der Waals surface area (Å²) >= 11 is 0. The van der Waals surface area contributed by atoms with Crippen LogP contribution in [0.4, 0.5) is 0 Å². The number of carbonyl (C=O) groups is 2. The number of ketones is 1. The summed E-state index contributed by atoms with van der Waals surface area (Å²) in [6.07, 6.45) is -0.689. The third-order valence-electron chi connectivity index (χ3n) is 2.38. The molecule has 19 heavy (non-hydrogen) atoms. The highest BCUT2D eigenvalue weighted by Crippen LogP contribution is 2.05. The molecule has 5 heteroatoms. The molecule has 0 bridgehead atoms. The summed E-state index contributed by atoms with van der Waals surface area (Å²) in [6.45, 7) is 1.22. The first-order valence-corrected chi connectivity index (χ1v) is 6.03. The first kappa shape index (κ1) is 15.3. The zero-order valence-corrected chi connectivity index (χ0v) is 10.9. The van der Waals surface area contributed by atoms with Crippen LogP contribution >= 0.6 is 0 Å². The molecule has 104 valence electrons. The van der Waals surface area contributed by atoms with Gasteiger partial charge in [-0.15, -0.1) is 0 Å². The van der Waals surface area contributed by atoms with E-state index in [9.17, 15) is 9.59 Å². The SMILES string of the molecule is CC(=O)OC(COCc1ccccc1)CC(=O)CO. The summed E-state index contributed by atoms with van der Waals surface area (Å²) in [6, 6.07) is 9.54. The number of hydrogen-bond donors (Lipinski definition) is 1. The molecule has 5 nitrogen and oxygen atoms in total. The number of aliphatic hydroxyl groups excluding tert-OH is 1. The Labute approximate surface area is 112 Å². The quantitative estimate of drug-likeness (QED) is 0.713. The molecule has 1 atom stereocenters. The number of aliphatic hydroxyl groups is 1. The number of ether oxygens (including phenoxy) is 2. The van der Waals surface area contributed by atoms with Crippen molar-refractivity contribution in [3.8, 4) is 0 Å². The number of esters is 1. The average molecular weight is 266 g/mol. The molecule has 0 radical (unpaired) electrons. The molecule has 0 aliphatic rings. The Morgan fingerprint density at radius 3 is 2.53 bits per heavy atom. The lowest BCUT2D eigenvalue weighted by atomic mass is 10.2. The zero-order chi connectivity index (χ0) is 14.1. The topological polar surface area (TPSA) is 72.8 Å². The smallest absolute Gasteiger partial charge is 0.302 e. The average Bonchev–Trinajstić information content (AvgIpc) is 2.39. The Hall–Kier alpha value is -1.72. The van der Waals surface area contributed by atoms with Gasteiger partial charge in [-0.1, -0.05) is 30.3 Å². The van der Waals surface area contributed by atoms with E-state index in [1.807, 2.05) is 30.3 Å². The molecule has 0 heterocycles. The lowest BCUT2D eigenvalue weighted by molar-refractivity contribution is -0.151. The Balaban J connectivity index is 2.39. The van der Waals surface area contributed by atoms with Gasteiger partial charge in [0.1, 0.15) is 12.7 Å². The molecule has 0 aromatic heterocycles. The van der Waals surface area contributed by atoms with E-state index in [1.54, 1.807) is 0 Å². The summed E-state index contributed by atoms with van der Waals surface area (Å²) in [5.74, 6) is -0.853. The zero-order valence-electron chi connectivity index (χ0n) is 10.9. The Morgan fingerprint density at radius 2 is 1.95 bits per heavy atom. The van der Waals surface area contributed by atoms with Crippen molar-refractivity contribution in [1.29, 1.82) is 0 Å². The van der Waals surface area contributed by atoms with Crippen molar-refractivity contribution in [2.24, 2.45) is 0 Å².